The second-order valence-corrected chi connectivity index (χ2v) is 3.93. The molecule has 0 aromatic rings. The molecule has 1 fully saturated rings. The molecule has 0 aromatic heterocycles. The van der Waals surface area contributed by atoms with Crippen molar-refractivity contribution < 1.29 is 0 Å². The van der Waals surface area contributed by atoms with E-state index in [4.69, 9.17) is 0 Å². The lowest BCUT2D eigenvalue weighted by Crippen LogP contribution is -2.22. The first-order chi connectivity index (χ1) is 5.33. The smallest absolute Gasteiger partial charge is 0.00683 e. The largest absolute Gasteiger partial charge is 0.314 e. The summed E-state index contributed by atoms with van der Waals surface area (Å²) in [5.74, 6) is 0.885. The van der Waals surface area contributed by atoms with E-state index in [1.807, 2.05) is 0 Å². The van der Waals surface area contributed by atoms with Crippen LogP contribution in [0.15, 0.2) is 0 Å². The summed E-state index contributed by atoms with van der Waals surface area (Å²) in [7, 11) is 0. The molecule has 11 heavy (non-hydrogen) atoms. The lowest BCUT2D eigenvalue weighted by Gasteiger charge is -2.10. The Bertz CT molecular complexity index is 97.0. The number of nitrogens with one attached hydrogen (secondary N) is 1. The molecule has 1 aliphatic rings. The molecule has 1 rings (SSSR count). The molecule has 1 saturated carbocycles. The van der Waals surface area contributed by atoms with Gasteiger partial charge in [-0.3, -0.25) is 0 Å². The number of hydrogen-bond donors (Lipinski definition) is 1. The maximum absolute atomic E-state index is 3.57. The molecular weight excluding hydrogens is 134 g/mol. The van der Waals surface area contributed by atoms with Crippen molar-refractivity contribution in [2.45, 2.75) is 52.0 Å². The monoisotopic (exact) mass is 155 g/mol. The Morgan fingerprint density at radius 1 is 1.45 bits per heavy atom. The van der Waals surface area contributed by atoms with Crippen molar-refractivity contribution in [3.63, 3.8) is 0 Å². The SMILES string of the molecule is CCCCC(C)CNC1CC1. The highest BCUT2D eigenvalue weighted by molar-refractivity contribution is 4.81. The van der Waals surface area contributed by atoms with Gasteiger partial charge in [0.1, 0.15) is 0 Å². The molecule has 0 saturated heterocycles. The van der Waals surface area contributed by atoms with Crippen molar-refractivity contribution >= 4 is 0 Å². The zero-order valence-corrected chi connectivity index (χ0v) is 7.90. The molecule has 0 bridgehead atoms. The highest BCUT2D eigenvalue weighted by Crippen LogP contribution is 2.19. The maximum Gasteiger partial charge on any atom is 0.00683 e. The second kappa shape index (κ2) is 4.76. The number of rotatable bonds is 6. The van der Waals surface area contributed by atoms with Crippen LogP contribution in [0.3, 0.4) is 0 Å². The molecule has 1 atom stereocenters. The van der Waals surface area contributed by atoms with Crippen LogP contribution in [0.5, 0.6) is 0 Å². The first-order valence-electron chi connectivity index (χ1n) is 5.06. The Morgan fingerprint density at radius 3 is 2.73 bits per heavy atom. The second-order valence-electron chi connectivity index (χ2n) is 3.93. The Hall–Kier alpha value is -0.0400. The predicted molar refractivity (Wildman–Crippen MR) is 49.7 cm³/mol. The van der Waals surface area contributed by atoms with Crippen molar-refractivity contribution in [2.75, 3.05) is 6.54 Å². The van der Waals surface area contributed by atoms with Crippen molar-refractivity contribution in [1.82, 2.24) is 5.32 Å². The lowest BCUT2D eigenvalue weighted by atomic mass is 10.0. The molecule has 0 aromatic carbocycles. The van der Waals surface area contributed by atoms with E-state index < -0.39 is 0 Å². The van der Waals surface area contributed by atoms with E-state index in [-0.39, 0.29) is 0 Å². The zero-order chi connectivity index (χ0) is 8.10. The van der Waals surface area contributed by atoms with Crippen LogP contribution in [-0.2, 0) is 0 Å². The van der Waals surface area contributed by atoms with Crippen molar-refractivity contribution in [1.29, 1.82) is 0 Å². The Labute approximate surface area is 70.6 Å². The van der Waals surface area contributed by atoms with Gasteiger partial charge in [-0.2, -0.15) is 0 Å². The van der Waals surface area contributed by atoms with Crippen molar-refractivity contribution in [3.05, 3.63) is 0 Å². The van der Waals surface area contributed by atoms with E-state index >= 15 is 0 Å². The molecular formula is C10H21N. The van der Waals surface area contributed by atoms with Crippen LogP contribution in [0, 0.1) is 5.92 Å². The molecule has 1 unspecified atom stereocenters. The molecule has 0 amide bonds. The van der Waals surface area contributed by atoms with E-state index in [1.165, 1.54) is 38.6 Å². The van der Waals surface area contributed by atoms with Crippen LogP contribution < -0.4 is 5.32 Å². The van der Waals surface area contributed by atoms with E-state index in [1.54, 1.807) is 0 Å². The molecule has 66 valence electrons. The zero-order valence-electron chi connectivity index (χ0n) is 7.90. The average molecular weight is 155 g/mol. The molecule has 0 radical (unpaired) electrons. The van der Waals surface area contributed by atoms with Crippen LogP contribution in [0.25, 0.3) is 0 Å². The van der Waals surface area contributed by atoms with Gasteiger partial charge in [0.15, 0.2) is 0 Å². The van der Waals surface area contributed by atoms with Crippen LogP contribution >= 0.6 is 0 Å². The first kappa shape index (κ1) is 9.05. The standard InChI is InChI=1S/C10H21N/c1-3-4-5-9(2)8-11-10-6-7-10/h9-11H,3-8H2,1-2H3. The van der Waals surface area contributed by atoms with Gasteiger partial charge < -0.3 is 5.32 Å². The van der Waals surface area contributed by atoms with E-state index in [0.29, 0.717) is 0 Å². The fourth-order valence-electron chi connectivity index (χ4n) is 1.31. The van der Waals surface area contributed by atoms with E-state index in [0.717, 1.165) is 12.0 Å². The minimum Gasteiger partial charge on any atom is -0.314 e. The third-order valence-electron chi connectivity index (χ3n) is 2.38. The average Bonchev–Trinajstić information content (AvgIpc) is 2.80. The van der Waals surface area contributed by atoms with Crippen LogP contribution in [0.1, 0.15) is 46.0 Å². The summed E-state index contributed by atoms with van der Waals surface area (Å²) < 4.78 is 0. The van der Waals surface area contributed by atoms with Crippen LogP contribution in [0.2, 0.25) is 0 Å². The van der Waals surface area contributed by atoms with Gasteiger partial charge in [-0.15, -0.1) is 0 Å². The lowest BCUT2D eigenvalue weighted by molar-refractivity contribution is 0.463. The highest BCUT2D eigenvalue weighted by Gasteiger charge is 2.20. The minimum atomic E-state index is 0.885. The van der Waals surface area contributed by atoms with Gasteiger partial charge in [0.25, 0.3) is 0 Å². The number of hydrogen-bond acceptors (Lipinski definition) is 1. The molecule has 0 aliphatic heterocycles. The quantitative estimate of drug-likeness (QED) is 0.621. The van der Waals surface area contributed by atoms with Crippen molar-refractivity contribution in [3.8, 4) is 0 Å². The van der Waals surface area contributed by atoms with E-state index in [9.17, 15) is 0 Å². The van der Waals surface area contributed by atoms with Gasteiger partial charge >= 0.3 is 0 Å². The third kappa shape index (κ3) is 4.41. The van der Waals surface area contributed by atoms with Gasteiger partial charge in [-0.25, -0.2) is 0 Å². The summed E-state index contributed by atoms with van der Waals surface area (Å²) in [5.41, 5.74) is 0. The van der Waals surface area contributed by atoms with Gasteiger partial charge in [0.05, 0.1) is 0 Å². The van der Waals surface area contributed by atoms with E-state index in [2.05, 4.69) is 19.2 Å². The van der Waals surface area contributed by atoms with Crippen LogP contribution in [0.4, 0.5) is 0 Å². The molecule has 1 nitrogen and oxygen atoms in total. The summed E-state index contributed by atoms with van der Waals surface area (Å²) in [5, 5.41) is 3.57. The normalized spacial score (nSPS) is 20.2. The highest BCUT2D eigenvalue weighted by atomic mass is 14.9. The Morgan fingerprint density at radius 2 is 2.18 bits per heavy atom. The van der Waals surface area contributed by atoms with Gasteiger partial charge in [-0.1, -0.05) is 26.7 Å². The Balaban J connectivity index is 1.87. The van der Waals surface area contributed by atoms with Gasteiger partial charge in [0, 0.05) is 6.04 Å². The maximum atomic E-state index is 3.57. The summed E-state index contributed by atoms with van der Waals surface area (Å²) >= 11 is 0. The minimum absolute atomic E-state index is 0.885. The number of unbranched alkanes of at least 4 members (excludes halogenated alkanes) is 1. The summed E-state index contributed by atoms with van der Waals surface area (Å²) in [4.78, 5) is 0. The predicted octanol–water partition coefficient (Wildman–Crippen LogP) is 2.56. The molecule has 0 spiro atoms. The molecule has 1 N–H and O–H groups in total. The summed E-state index contributed by atoms with van der Waals surface area (Å²) in [6.07, 6.45) is 6.97. The molecule has 0 heterocycles. The Kier molecular flexibility index (Phi) is 3.92. The topological polar surface area (TPSA) is 12.0 Å². The summed E-state index contributed by atoms with van der Waals surface area (Å²) in [6, 6.07) is 0.888. The molecule has 1 heteroatoms. The molecule has 1 aliphatic carbocycles. The fraction of sp³-hybridized carbons (Fsp3) is 1.00. The fourth-order valence-corrected chi connectivity index (χ4v) is 1.31. The third-order valence-corrected chi connectivity index (χ3v) is 2.38. The summed E-state index contributed by atoms with van der Waals surface area (Å²) in [6.45, 7) is 5.86. The van der Waals surface area contributed by atoms with Crippen LogP contribution in [-0.4, -0.2) is 12.6 Å². The first-order valence-corrected chi connectivity index (χ1v) is 5.06. The van der Waals surface area contributed by atoms with Gasteiger partial charge in [-0.05, 0) is 31.7 Å². The van der Waals surface area contributed by atoms with Gasteiger partial charge in [0.2, 0.25) is 0 Å². The van der Waals surface area contributed by atoms with Crippen molar-refractivity contribution in [2.24, 2.45) is 5.92 Å².